The van der Waals surface area contributed by atoms with Crippen LogP contribution in [-0.2, 0) is 4.74 Å². The van der Waals surface area contributed by atoms with E-state index in [0.29, 0.717) is 31.9 Å². The second kappa shape index (κ2) is 7.38. The Balaban J connectivity index is 2.14. The minimum atomic E-state index is -0.0969. The Morgan fingerprint density at radius 2 is 2.10 bits per heavy atom. The maximum absolute atomic E-state index is 12.4. The number of amides is 1. The standard InChI is InChI=1S/C15H24N4O2/c1-4-16-14-10-12(9-13(17-14)11(2)3)15(20)18-19-5-7-21-8-6-19/h9-11H,4-8H2,1-3H3,(H,16,17)(H,18,20). The van der Waals surface area contributed by atoms with E-state index in [-0.39, 0.29) is 11.8 Å². The van der Waals surface area contributed by atoms with Gasteiger partial charge in [-0.3, -0.25) is 10.2 Å². The van der Waals surface area contributed by atoms with Gasteiger partial charge in [-0.1, -0.05) is 13.8 Å². The number of hydrogen-bond acceptors (Lipinski definition) is 5. The summed E-state index contributed by atoms with van der Waals surface area (Å²) >= 11 is 0. The highest BCUT2D eigenvalue weighted by atomic mass is 16.5. The topological polar surface area (TPSA) is 66.5 Å². The van der Waals surface area contributed by atoms with Crippen molar-refractivity contribution >= 4 is 11.7 Å². The Bertz CT molecular complexity index is 485. The molecule has 0 bridgehead atoms. The number of morpholine rings is 1. The first-order chi connectivity index (χ1) is 10.1. The van der Waals surface area contributed by atoms with Gasteiger partial charge in [-0.2, -0.15) is 0 Å². The molecule has 2 N–H and O–H groups in total. The van der Waals surface area contributed by atoms with Gasteiger partial charge in [0.15, 0.2) is 0 Å². The van der Waals surface area contributed by atoms with Crippen LogP contribution in [0.3, 0.4) is 0 Å². The molecular formula is C15H24N4O2. The number of aromatic nitrogens is 1. The van der Waals surface area contributed by atoms with Crippen LogP contribution < -0.4 is 10.7 Å². The number of ether oxygens (including phenoxy) is 1. The van der Waals surface area contributed by atoms with Gasteiger partial charge in [-0.15, -0.1) is 0 Å². The van der Waals surface area contributed by atoms with E-state index in [1.165, 1.54) is 0 Å². The lowest BCUT2D eigenvalue weighted by Crippen LogP contribution is -2.48. The Morgan fingerprint density at radius 1 is 1.38 bits per heavy atom. The molecule has 1 amide bonds. The third kappa shape index (κ3) is 4.41. The van der Waals surface area contributed by atoms with Crippen LogP contribution in [0.1, 0.15) is 42.7 Å². The average Bonchev–Trinajstić information content (AvgIpc) is 2.48. The van der Waals surface area contributed by atoms with Crippen molar-refractivity contribution in [2.75, 3.05) is 38.2 Å². The molecule has 21 heavy (non-hydrogen) atoms. The van der Waals surface area contributed by atoms with Gasteiger partial charge in [0.25, 0.3) is 5.91 Å². The highest BCUT2D eigenvalue weighted by Crippen LogP contribution is 2.17. The molecule has 0 aromatic carbocycles. The van der Waals surface area contributed by atoms with Crippen LogP contribution in [0.25, 0.3) is 0 Å². The zero-order valence-electron chi connectivity index (χ0n) is 13.0. The van der Waals surface area contributed by atoms with Gasteiger partial charge in [0.1, 0.15) is 5.82 Å². The first-order valence-corrected chi connectivity index (χ1v) is 7.49. The predicted molar refractivity (Wildman–Crippen MR) is 82.3 cm³/mol. The SMILES string of the molecule is CCNc1cc(C(=O)NN2CCOCC2)cc(C(C)C)n1. The Kier molecular flexibility index (Phi) is 5.52. The first-order valence-electron chi connectivity index (χ1n) is 7.49. The highest BCUT2D eigenvalue weighted by molar-refractivity contribution is 5.94. The number of hydrazine groups is 1. The van der Waals surface area contributed by atoms with Crippen molar-refractivity contribution in [3.8, 4) is 0 Å². The van der Waals surface area contributed by atoms with Crippen LogP contribution in [0.15, 0.2) is 12.1 Å². The van der Waals surface area contributed by atoms with Gasteiger partial charge in [0.2, 0.25) is 0 Å². The largest absolute Gasteiger partial charge is 0.379 e. The Hall–Kier alpha value is -1.66. The number of nitrogens with one attached hydrogen (secondary N) is 2. The molecule has 0 aliphatic carbocycles. The summed E-state index contributed by atoms with van der Waals surface area (Å²) in [5.74, 6) is 0.926. The third-order valence-corrected chi connectivity index (χ3v) is 3.33. The number of hydrogen-bond donors (Lipinski definition) is 2. The molecule has 0 unspecified atom stereocenters. The molecule has 2 rings (SSSR count). The molecule has 116 valence electrons. The number of carbonyl (C=O) groups is 1. The van der Waals surface area contributed by atoms with Crippen molar-refractivity contribution in [3.63, 3.8) is 0 Å². The second-order valence-electron chi connectivity index (χ2n) is 5.39. The number of carbonyl (C=O) groups excluding carboxylic acids is 1. The molecule has 1 aromatic rings. The summed E-state index contributed by atoms with van der Waals surface area (Å²) in [4.78, 5) is 16.9. The van der Waals surface area contributed by atoms with Crippen LogP contribution in [0.5, 0.6) is 0 Å². The quantitative estimate of drug-likeness (QED) is 0.863. The minimum Gasteiger partial charge on any atom is -0.379 e. The van der Waals surface area contributed by atoms with Crippen LogP contribution in [-0.4, -0.2) is 48.7 Å². The lowest BCUT2D eigenvalue weighted by atomic mass is 10.1. The summed E-state index contributed by atoms with van der Waals surface area (Å²) in [7, 11) is 0. The molecule has 6 nitrogen and oxygen atoms in total. The Morgan fingerprint density at radius 3 is 2.71 bits per heavy atom. The van der Waals surface area contributed by atoms with E-state index in [1.54, 1.807) is 6.07 Å². The fourth-order valence-electron chi connectivity index (χ4n) is 2.13. The highest BCUT2D eigenvalue weighted by Gasteiger charge is 2.16. The summed E-state index contributed by atoms with van der Waals surface area (Å²) in [6, 6.07) is 3.66. The van der Waals surface area contributed by atoms with Crippen LogP contribution in [0, 0.1) is 0 Å². The lowest BCUT2D eigenvalue weighted by Gasteiger charge is -2.27. The van der Waals surface area contributed by atoms with Gasteiger partial charge in [-0.25, -0.2) is 9.99 Å². The third-order valence-electron chi connectivity index (χ3n) is 3.33. The molecule has 1 aliphatic heterocycles. The molecule has 1 saturated heterocycles. The molecule has 0 atom stereocenters. The summed E-state index contributed by atoms with van der Waals surface area (Å²) < 4.78 is 5.28. The average molecular weight is 292 g/mol. The van der Waals surface area contributed by atoms with Gasteiger partial charge >= 0.3 is 0 Å². The summed E-state index contributed by atoms with van der Waals surface area (Å²) in [6.07, 6.45) is 0. The van der Waals surface area contributed by atoms with E-state index < -0.39 is 0 Å². The summed E-state index contributed by atoms with van der Waals surface area (Å²) in [5.41, 5.74) is 4.48. The van der Waals surface area contributed by atoms with E-state index in [9.17, 15) is 4.79 Å². The zero-order chi connectivity index (χ0) is 15.2. The summed E-state index contributed by atoms with van der Waals surface area (Å²) in [6.45, 7) is 9.66. The molecule has 1 aliphatic rings. The van der Waals surface area contributed by atoms with Crippen molar-refractivity contribution in [1.29, 1.82) is 0 Å². The first kappa shape index (κ1) is 15.7. The molecule has 6 heteroatoms. The van der Waals surface area contributed by atoms with Gasteiger partial charge in [0, 0.05) is 30.9 Å². The van der Waals surface area contributed by atoms with Crippen molar-refractivity contribution in [2.24, 2.45) is 0 Å². The number of rotatable bonds is 5. The smallest absolute Gasteiger partial charge is 0.265 e. The van der Waals surface area contributed by atoms with Crippen molar-refractivity contribution in [1.82, 2.24) is 15.4 Å². The second-order valence-corrected chi connectivity index (χ2v) is 5.39. The van der Waals surface area contributed by atoms with E-state index in [4.69, 9.17) is 4.74 Å². The van der Waals surface area contributed by atoms with Gasteiger partial charge in [-0.05, 0) is 25.0 Å². The molecule has 1 fully saturated rings. The molecule has 0 spiro atoms. The molecule has 0 radical (unpaired) electrons. The number of nitrogens with zero attached hydrogens (tertiary/aromatic N) is 2. The lowest BCUT2D eigenvalue weighted by molar-refractivity contribution is 0.0126. The van der Waals surface area contributed by atoms with E-state index >= 15 is 0 Å². The van der Waals surface area contributed by atoms with Crippen LogP contribution in [0.2, 0.25) is 0 Å². The molecule has 0 saturated carbocycles. The number of pyridine rings is 1. The molecule has 1 aromatic heterocycles. The van der Waals surface area contributed by atoms with Crippen LogP contribution >= 0.6 is 0 Å². The molecular weight excluding hydrogens is 268 g/mol. The monoisotopic (exact) mass is 292 g/mol. The fourth-order valence-corrected chi connectivity index (χ4v) is 2.13. The number of anilines is 1. The van der Waals surface area contributed by atoms with E-state index in [2.05, 4.69) is 29.6 Å². The van der Waals surface area contributed by atoms with Crippen molar-refractivity contribution in [2.45, 2.75) is 26.7 Å². The van der Waals surface area contributed by atoms with Crippen LogP contribution in [0.4, 0.5) is 5.82 Å². The summed E-state index contributed by atoms with van der Waals surface area (Å²) in [5, 5.41) is 5.07. The van der Waals surface area contributed by atoms with Crippen molar-refractivity contribution < 1.29 is 9.53 Å². The van der Waals surface area contributed by atoms with Gasteiger partial charge < -0.3 is 10.1 Å². The van der Waals surface area contributed by atoms with E-state index in [1.807, 2.05) is 18.0 Å². The van der Waals surface area contributed by atoms with Crippen molar-refractivity contribution in [3.05, 3.63) is 23.4 Å². The fraction of sp³-hybridized carbons (Fsp3) is 0.600. The zero-order valence-corrected chi connectivity index (χ0v) is 13.0. The molecule has 2 heterocycles. The normalized spacial score (nSPS) is 16.0. The maximum Gasteiger partial charge on any atom is 0.265 e. The van der Waals surface area contributed by atoms with E-state index in [0.717, 1.165) is 18.1 Å². The maximum atomic E-state index is 12.4. The minimum absolute atomic E-state index is 0.0969. The predicted octanol–water partition coefficient (Wildman–Crippen LogP) is 1.61. The van der Waals surface area contributed by atoms with Gasteiger partial charge in [0.05, 0.1) is 13.2 Å². The Labute approximate surface area is 125 Å².